The highest BCUT2D eigenvalue weighted by Crippen LogP contribution is 2.10. The van der Waals surface area contributed by atoms with Gasteiger partial charge < -0.3 is 14.5 Å². The number of rotatable bonds is 5. The van der Waals surface area contributed by atoms with E-state index in [4.69, 9.17) is 9.57 Å². The minimum atomic E-state index is -0.519. The number of ether oxygens (including phenoxy) is 1. The molecule has 2 rings (SSSR count). The zero-order valence-electron chi connectivity index (χ0n) is 16.1. The maximum Gasteiger partial charge on any atom is 0.410 e. The molecule has 142 valence electrons. The highest BCUT2D eigenvalue weighted by molar-refractivity contribution is 5.78. The van der Waals surface area contributed by atoms with Crippen LogP contribution in [0.4, 0.5) is 4.79 Å². The van der Waals surface area contributed by atoms with Gasteiger partial charge in [-0.25, -0.2) is 14.8 Å². The number of hydrogen-bond acceptors (Lipinski definition) is 6. The van der Waals surface area contributed by atoms with Gasteiger partial charge in [0.25, 0.3) is 0 Å². The number of amides is 1. The van der Waals surface area contributed by atoms with Gasteiger partial charge in [-0.2, -0.15) is 0 Å². The topological polar surface area (TPSA) is 76.9 Å². The number of carbonyl (C=O) groups is 1. The molecule has 0 aliphatic heterocycles. The van der Waals surface area contributed by atoms with Gasteiger partial charge in [0.15, 0.2) is 0 Å². The van der Waals surface area contributed by atoms with Gasteiger partial charge in [-0.3, -0.25) is 0 Å². The Bertz CT molecular complexity index is 863. The summed E-state index contributed by atoms with van der Waals surface area (Å²) in [6.07, 6.45) is 3.19. The van der Waals surface area contributed by atoms with E-state index in [1.807, 2.05) is 45.0 Å². The first-order valence-corrected chi connectivity index (χ1v) is 8.62. The molecule has 1 aromatic heterocycles. The van der Waals surface area contributed by atoms with E-state index in [0.717, 1.165) is 10.9 Å². The van der Waals surface area contributed by atoms with Crippen LogP contribution in [0.5, 0.6) is 0 Å². The first-order valence-electron chi connectivity index (χ1n) is 8.62. The molecule has 0 fully saturated rings. The molecular weight excluding hydrogens is 344 g/mol. The molecular formula is C20H24N4O3. The van der Waals surface area contributed by atoms with Crippen molar-refractivity contribution >= 4 is 23.2 Å². The standard InChI is InChI=1S/C20H24N4O3/c1-20(2,3)27-19(25)24(4)13-14-26-22-12-8-7-11-18-21-15-16-9-5-6-10-17(16)23-18/h5-6,9-10,12,15H,11,13-14H2,1-4H3. The fourth-order valence-electron chi connectivity index (χ4n) is 2.00. The second-order valence-corrected chi connectivity index (χ2v) is 6.81. The summed E-state index contributed by atoms with van der Waals surface area (Å²) in [6.45, 7) is 6.08. The van der Waals surface area contributed by atoms with Crippen LogP contribution in [0.15, 0.2) is 35.6 Å². The Labute approximate surface area is 159 Å². The Kier molecular flexibility index (Phi) is 7.12. The van der Waals surface area contributed by atoms with Crippen LogP contribution in [-0.4, -0.2) is 53.0 Å². The van der Waals surface area contributed by atoms with Crippen LogP contribution in [0, 0.1) is 11.8 Å². The Morgan fingerprint density at radius 1 is 1.33 bits per heavy atom. The average molecular weight is 368 g/mol. The lowest BCUT2D eigenvalue weighted by Gasteiger charge is -2.24. The van der Waals surface area contributed by atoms with Crippen molar-refractivity contribution in [3.05, 3.63) is 36.3 Å². The summed E-state index contributed by atoms with van der Waals surface area (Å²) in [4.78, 5) is 27.0. The van der Waals surface area contributed by atoms with Crippen LogP contribution in [0.25, 0.3) is 10.9 Å². The number of likely N-dealkylation sites (N-methyl/N-ethyl adjacent to an activating group) is 1. The van der Waals surface area contributed by atoms with Crippen LogP contribution in [0.3, 0.4) is 0 Å². The molecule has 0 bridgehead atoms. The molecule has 0 N–H and O–H groups in total. The van der Waals surface area contributed by atoms with Gasteiger partial charge in [0.2, 0.25) is 0 Å². The minimum absolute atomic E-state index is 0.252. The van der Waals surface area contributed by atoms with Crippen LogP contribution in [0.1, 0.15) is 26.6 Å². The van der Waals surface area contributed by atoms with Crippen molar-refractivity contribution in [3.8, 4) is 11.8 Å². The second kappa shape index (κ2) is 9.53. The Balaban J connectivity index is 1.69. The largest absolute Gasteiger partial charge is 0.444 e. The second-order valence-electron chi connectivity index (χ2n) is 6.81. The van der Waals surface area contributed by atoms with Gasteiger partial charge in [-0.15, -0.1) is 0 Å². The van der Waals surface area contributed by atoms with Crippen LogP contribution >= 0.6 is 0 Å². The van der Waals surface area contributed by atoms with Crippen LogP contribution < -0.4 is 0 Å². The van der Waals surface area contributed by atoms with Gasteiger partial charge in [-0.05, 0) is 26.8 Å². The molecule has 0 saturated heterocycles. The van der Waals surface area contributed by atoms with Crippen molar-refractivity contribution in [1.82, 2.24) is 14.9 Å². The van der Waals surface area contributed by atoms with E-state index in [0.29, 0.717) is 18.8 Å². The number of fused-ring (bicyclic) bond motifs is 1. The van der Waals surface area contributed by atoms with Crippen LogP contribution in [-0.2, 0) is 16.0 Å². The molecule has 0 spiro atoms. The van der Waals surface area contributed by atoms with Crippen molar-refractivity contribution in [2.45, 2.75) is 32.8 Å². The molecule has 7 nitrogen and oxygen atoms in total. The molecule has 0 saturated carbocycles. The molecule has 0 aliphatic rings. The Morgan fingerprint density at radius 2 is 2.11 bits per heavy atom. The lowest BCUT2D eigenvalue weighted by molar-refractivity contribution is 0.0236. The van der Waals surface area contributed by atoms with Gasteiger partial charge in [0.1, 0.15) is 24.2 Å². The number of hydrogen-bond donors (Lipinski definition) is 0. The summed E-state index contributed by atoms with van der Waals surface area (Å²) in [7, 11) is 1.64. The zero-order chi connectivity index (χ0) is 19.7. The molecule has 0 radical (unpaired) electrons. The molecule has 1 aromatic carbocycles. The van der Waals surface area contributed by atoms with Crippen molar-refractivity contribution in [2.24, 2.45) is 5.16 Å². The fraction of sp³-hybridized carbons (Fsp3) is 0.400. The maximum atomic E-state index is 11.8. The van der Waals surface area contributed by atoms with Gasteiger partial charge in [0.05, 0.1) is 18.5 Å². The fourth-order valence-corrected chi connectivity index (χ4v) is 2.00. The van der Waals surface area contributed by atoms with Gasteiger partial charge in [-0.1, -0.05) is 35.2 Å². The highest BCUT2D eigenvalue weighted by atomic mass is 16.6. The van der Waals surface area contributed by atoms with E-state index in [1.54, 1.807) is 13.2 Å². The number of carbonyl (C=O) groups excluding carboxylic acids is 1. The Morgan fingerprint density at radius 3 is 2.89 bits per heavy atom. The monoisotopic (exact) mass is 368 g/mol. The zero-order valence-corrected chi connectivity index (χ0v) is 16.1. The molecule has 27 heavy (non-hydrogen) atoms. The minimum Gasteiger partial charge on any atom is -0.444 e. The summed E-state index contributed by atoms with van der Waals surface area (Å²) in [6, 6.07) is 7.80. The number of oxime groups is 1. The summed E-state index contributed by atoms with van der Waals surface area (Å²) < 4.78 is 5.24. The number of para-hydroxylation sites is 1. The first-order chi connectivity index (χ1) is 12.8. The normalized spacial score (nSPS) is 11.1. The molecule has 1 heterocycles. The van der Waals surface area contributed by atoms with Crippen molar-refractivity contribution in [3.63, 3.8) is 0 Å². The van der Waals surface area contributed by atoms with Crippen molar-refractivity contribution in [1.29, 1.82) is 0 Å². The SMILES string of the molecule is CN(CCON=CC#CCc1ncc2ccccc2n1)C(=O)OC(C)(C)C. The van der Waals surface area contributed by atoms with Gasteiger partial charge in [0, 0.05) is 18.6 Å². The molecule has 7 heteroatoms. The third-order valence-electron chi connectivity index (χ3n) is 3.30. The van der Waals surface area contributed by atoms with Crippen molar-refractivity contribution < 1.29 is 14.4 Å². The number of benzene rings is 1. The van der Waals surface area contributed by atoms with E-state index in [2.05, 4.69) is 27.0 Å². The van der Waals surface area contributed by atoms with E-state index in [1.165, 1.54) is 11.1 Å². The molecule has 1 amide bonds. The van der Waals surface area contributed by atoms with E-state index in [9.17, 15) is 4.79 Å². The molecule has 2 aromatic rings. The highest BCUT2D eigenvalue weighted by Gasteiger charge is 2.19. The summed E-state index contributed by atoms with van der Waals surface area (Å²) in [5, 5.41) is 4.74. The maximum absolute atomic E-state index is 11.8. The molecule has 0 aliphatic carbocycles. The number of nitrogens with zero attached hydrogens (tertiary/aromatic N) is 4. The Hall–Kier alpha value is -3.14. The summed E-state index contributed by atoms with van der Waals surface area (Å²) in [5.74, 6) is 6.35. The van der Waals surface area contributed by atoms with Crippen LogP contribution in [0.2, 0.25) is 0 Å². The predicted octanol–water partition coefficient (Wildman–Crippen LogP) is 3.05. The van der Waals surface area contributed by atoms with E-state index in [-0.39, 0.29) is 6.61 Å². The average Bonchev–Trinajstić information content (AvgIpc) is 2.62. The first kappa shape index (κ1) is 20.2. The smallest absolute Gasteiger partial charge is 0.410 e. The predicted molar refractivity (Wildman–Crippen MR) is 104 cm³/mol. The lowest BCUT2D eigenvalue weighted by Crippen LogP contribution is -2.35. The van der Waals surface area contributed by atoms with E-state index >= 15 is 0 Å². The van der Waals surface area contributed by atoms with Crippen molar-refractivity contribution in [2.75, 3.05) is 20.2 Å². The van der Waals surface area contributed by atoms with E-state index < -0.39 is 11.7 Å². The molecule has 0 unspecified atom stereocenters. The summed E-state index contributed by atoms with van der Waals surface area (Å²) >= 11 is 0. The number of aromatic nitrogens is 2. The lowest BCUT2D eigenvalue weighted by atomic mass is 10.2. The summed E-state index contributed by atoms with van der Waals surface area (Å²) in [5.41, 5.74) is 0.379. The van der Waals surface area contributed by atoms with Gasteiger partial charge >= 0.3 is 6.09 Å². The molecule has 0 atom stereocenters. The third-order valence-corrected chi connectivity index (χ3v) is 3.30. The quantitative estimate of drug-likeness (QED) is 0.351. The third kappa shape index (κ3) is 7.32.